The molecule has 2 unspecified atom stereocenters. The number of carbonyl (C=O) groups is 1. The Morgan fingerprint density at radius 1 is 1.25 bits per heavy atom. The lowest BCUT2D eigenvalue weighted by Gasteiger charge is -2.61. The monoisotopic (exact) mass is 324 g/mol. The number of amides is 1. The summed E-state index contributed by atoms with van der Waals surface area (Å²) >= 11 is 0. The topological polar surface area (TPSA) is 43.3 Å². The summed E-state index contributed by atoms with van der Waals surface area (Å²) in [6.45, 7) is 2.80. The van der Waals surface area contributed by atoms with E-state index >= 15 is 0 Å². The van der Waals surface area contributed by atoms with Gasteiger partial charge in [0.15, 0.2) is 0 Å². The molecule has 0 saturated heterocycles. The molecule has 0 radical (unpaired) electrons. The lowest BCUT2D eigenvalue weighted by Crippen LogP contribution is -2.67. The third kappa shape index (κ3) is 2.46. The maximum Gasteiger partial charge on any atom is 0.251 e. The standard InChI is InChI=1S/C20H24N2O2/c1-2-24-18-14-17(20(18)10-5-11-20)21-19(23)15-6-8-16(9-7-15)22-12-3-4-13-22/h3-4,6-9,12-13,17-18H,2,5,10-11,14H2,1H3,(H,21,23). The molecular weight excluding hydrogens is 300 g/mol. The Balaban J connectivity index is 1.42. The zero-order valence-electron chi connectivity index (χ0n) is 14.1. The highest BCUT2D eigenvalue weighted by Gasteiger charge is 2.59. The fourth-order valence-corrected chi connectivity index (χ4v) is 4.17. The third-order valence-corrected chi connectivity index (χ3v) is 5.77. The number of nitrogens with zero attached hydrogens (tertiary/aromatic N) is 1. The molecule has 2 atom stereocenters. The first-order valence-corrected chi connectivity index (χ1v) is 8.89. The first-order valence-electron chi connectivity index (χ1n) is 8.89. The number of nitrogens with one attached hydrogen (secondary N) is 1. The molecule has 2 aliphatic rings. The van der Waals surface area contributed by atoms with Crippen molar-refractivity contribution < 1.29 is 9.53 Å². The molecule has 2 saturated carbocycles. The fourth-order valence-electron chi connectivity index (χ4n) is 4.17. The van der Waals surface area contributed by atoms with E-state index in [1.165, 1.54) is 19.3 Å². The Bertz CT molecular complexity index is 702. The van der Waals surface area contributed by atoms with Crippen molar-refractivity contribution in [1.29, 1.82) is 0 Å². The number of ether oxygens (including phenoxy) is 1. The van der Waals surface area contributed by atoms with Crippen LogP contribution in [0.5, 0.6) is 0 Å². The number of benzene rings is 1. The van der Waals surface area contributed by atoms with Gasteiger partial charge in [-0.1, -0.05) is 6.42 Å². The molecule has 4 nitrogen and oxygen atoms in total. The number of carbonyl (C=O) groups excluding carboxylic acids is 1. The summed E-state index contributed by atoms with van der Waals surface area (Å²) in [5, 5.41) is 3.24. The molecule has 1 heterocycles. The zero-order chi connectivity index (χ0) is 16.6. The summed E-state index contributed by atoms with van der Waals surface area (Å²) in [5.41, 5.74) is 1.99. The van der Waals surface area contributed by atoms with Crippen molar-refractivity contribution in [1.82, 2.24) is 9.88 Å². The molecule has 1 aromatic heterocycles. The smallest absolute Gasteiger partial charge is 0.251 e. The van der Waals surface area contributed by atoms with Gasteiger partial charge in [-0.05, 0) is 62.6 Å². The first kappa shape index (κ1) is 15.5. The summed E-state index contributed by atoms with van der Waals surface area (Å²) in [5.74, 6) is 0.0280. The highest BCUT2D eigenvalue weighted by molar-refractivity contribution is 5.94. The summed E-state index contributed by atoms with van der Waals surface area (Å²) in [7, 11) is 0. The fraction of sp³-hybridized carbons (Fsp3) is 0.450. The predicted octanol–water partition coefficient (Wildman–Crippen LogP) is 3.55. The highest BCUT2D eigenvalue weighted by atomic mass is 16.5. The summed E-state index contributed by atoms with van der Waals surface area (Å²) < 4.78 is 7.89. The van der Waals surface area contributed by atoms with Gasteiger partial charge in [0.25, 0.3) is 5.91 Å². The van der Waals surface area contributed by atoms with Crippen LogP contribution in [0.25, 0.3) is 5.69 Å². The maximum atomic E-state index is 12.6. The Kier molecular flexibility index (Phi) is 3.93. The molecule has 2 aromatic rings. The lowest BCUT2D eigenvalue weighted by atomic mass is 9.51. The Labute approximate surface area is 142 Å². The predicted molar refractivity (Wildman–Crippen MR) is 93.3 cm³/mol. The highest BCUT2D eigenvalue weighted by Crippen LogP contribution is 2.57. The van der Waals surface area contributed by atoms with Crippen molar-refractivity contribution in [3.63, 3.8) is 0 Å². The molecule has 0 bridgehead atoms. The van der Waals surface area contributed by atoms with Crippen molar-refractivity contribution in [2.24, 2.45) is 5.41 Å². The van der Waals surface area contributed by atoms with Gasteiger partial charge in [-0.3, -0.25) is 4.79 Å². The van der Waals surface area contributed by atoms with E-state index in [-0.39, 0.29) is 17.4 Å². The molecule has 4 heteroatoms. The largest absolute Gasteiger partial charge is 0.378 e. The maximum absolute atomic E-state index is 12.6. The van der Waals surface area contributed by atoms with Crippen molar-refractivity contribution in [3.8, 4) is 5.69 Å². The molecular formula is C20H24N2O2. The van der Waals surface area contributed by atoms with Crippen LogP contribution in [0.15, 0.2) is 48.8 Å². The van der Waals surface area contributed by atoms with Gasteiger partial charge in [0, 0.05) is 41.7 Å². The molecule has 24 heavy (non-hydrogen) atoms. The van der Waals surface area contributed by atoms with Crippen molar-refractivity contribution >= 4 is 5.91 Å². The SMILES string of the molecule is CCOC1CC(NC(=O)c2ccc(-n3cccc3)cc2)C12CCC2. The molecule has 2 fully saturated rings. The lowest BCUT2D eigenvalue weighted by molar-refractivity contribution is -0.169. The Morgan fingerprint density at radius 2 is 1.96 bits per heavy atom. The number of hydrogen-bond acceptors (Lipinski definition) is 2. The summed E-state index contributed by atoms with van der Waals surface area (Å²) in [4.78, 5) is 12.6. The number of rotatable bonds is 5. The van der Waals surface area contributed by atoms with Crippen LogP contribution in [0.1, 0.15) is 43.0 Å². The Morgan fingerprint density at radius 3 is 2.54 bits per heavy atom. The van der Waals surface area contributed by atoms with Crippen molar-refractivity contribution in [3.05, 3.63) is 54.4 Å². The van der Waals surface area contributed by atoms with Crippen LogP contribution in [-0.2, 0) is 4.74 Å². The molecule has 4 rings (SSSR count). The average molecular weight is 324 g/mol. The molecule has 1 N–H and O–H groups in total. The molecule has 126 valence electrons. The second-order valence-electron chi connectivity index (χ2n) is 6.93. The van der Waals surface area contributed by atoms with Crippen LogP contribution in [0, 0.1) is 5.41 Å². The van der Waals surface area contributed by atoms with Gasteiger partial charge in [-0.15, -0.1) is 0 Å². The normalized spacial score (nSPS) is 24.2. The molecule has 1 amide bonds. The van der Waals surface area contributed by atoms with Crippen LogP contribution in [0.2, 0.25) is 0 Å². The van der Waals surface area contributed by atoms with Crippen molar-refractivity contribution in [2.45, 2.75) is 44.8 Å². The quantitative estimate of drug-likeness (QED) is 0.914. The van der Waals surface area contributed by atoms with E-state index in [1.807, 2.05) is 60.3 Å². The van der Waals surface area contributed by atoms with Crippen LogP contribution in [-0.4, -0.2) is 29.2 Å². The summed E-state index contributed by atoms with van der Waals surface area (Å²) in [6, 6.07) is 12.0. The van der Waals surface area contributed by atoms with E-state index in [0.29, 0.717) is 6.10 Å². The summed E-state index contributed by atoms with van der Waals surface area (Å²) in [6.07, 6.45) is 8.88. The van der Waals surface area contributed by atoms with E-state index in [4.69, 9.17) is 4.74 Å². The van der Waals surface area contributed by atoms with Crippen molar-refractivity contribution in [2.75, 3.05) is 6.61 Å². The van der Waals surface area contributed by atoms with Crippen LogP contribution in [0.3, 0.4) is 0 Å². The minimum absolute atomic E-state index is 0.0280. The van der Waals surface area contributed by atoms with Gasteiger partial charge in [0.2, 0.25) is 0 Å². The second-order valence-corrected chi connectivity index (χ2v) is 6.93. The van der Waals surface area contributed by atoms with Gasteiger partial charge >= 0.3 is 0 Å². The van der Waals surface area contributed by atoms with Gasteiger partial charge in [-0.2, -0.15) is 0 Å². The minimum Gasteiger partial charge on any atom is -0.378 e. The third-order valence-electron chi connectivity index (χ3n) is 5.77. The van der Waals surface area contributed by atoms with Gasteiger partial charge in [-0.25, -0.2) is 0 Å². The second kappa shape index (κ2) is 6.10. The average Bonchev–Trinajstić information content (AvgIpc) is 3.06. The zero-order valence-corrected chi connectivity index (χ0v) is 14.1. The van der Waals surface area contributed by atoms with Gasteiger partial charge < -0.3 is 14.6 Å². The van der Waals surface area contributed by atoms with E-state index in [2.05, 4.69) is 5.32 Å². The van der Waals surface area contributed by atoms with Crippen LogP contribution >= 0.6 is 0 Å². The first-order chi connectivity index (χ1) is 11.7. The van der Waals surface area contributed by atoms with E-state index < -0.39 is 0 Å². The van der Waals surface area contributed by atoms with Gasteiger partial charge in [0.05, 0.1) is 6.10 Å². The molecule has 1 spiro atoms. The van der Waals surface area contributed by atoms with Crippen LogP contribution < -0.4 is 5.32 Å². The minimum atomic E-state index is 0.0280. The molecule has 2 aliphatic carbocycles. The van der Waals surface area contributed by atoms with Crippen LogP contribution in [0.4, 0.5) is 0 Å². The molecule has 1 aromatic carbocycles. The van der Waals surface area contributed by atoms with E-state index in [9.17, 15) is 4.79 Å². The van der Waals surface area contributed by atoms with E-state index in [1.54, 1.807) is 0 Å². The molecule has 0 aliphatic heterocycles. The Hall–Kier alpha value is -2.07. The number of aromatic nitrogens is 1. The van der Waals surface area contributed by atoms with Gasteiger partial charge in [0.1, 0.15) is 0 Å². The van der Waals surface area contributed by atoms with E-state index in [0.717, 1.165) is 24.3 Å². The number of hydrogen-bond donors (Lipinski definition) is 1.